The highest BCUT2D eigenvalue weighted by Gasteiger charge is 2.23. The van der Waals surface area contributed by atoms with Crippen molar-refractivity contribution < 1.29 is 4.79 Å². The zero-order valence-corrected chi connectivity index (χ0v) is 11.5. The standard InChI is InChI=1S/C14H27NO/c1-6-9-13(12(5)16)14(10-7-2)15-11(4)8-3/h13-14H,6-10H2,1-5H3/b15-11-/t13-,14+/m1/s1. The van der Waals surface area contributed by atoms with Crippen LogP contribution in [0.25, 0.3) is 0 Å². The Morgan fingerprint density at radius 1 is 1.06 bits per heavy atom. The third-order valence-electron chi connectivity index (χ3n) is 3.07. The average molecular weight is 225 g/mol. The van der Waals surface area contributed by atoms with Crippen molar-refractivity contribution in [2.75, 3.05) is 0 Å². The molecule has 0 aromatic heterocycles. The number of hydrogen-bond acceptors (Lipinski definition) is 2. The third kappa shape index (κ3) is 5.43. The number of aliphatic imine (C=N–C) groups is 1. The van der Waals surface area contributed by atoms with Gasteiger partial charge in [0.15, 0.2) is 0 Å². The van der Waals surface area contributed by atoms with Crippen molar-refractivity contribution in [3.8, 4) is 0 Å². The molecule has 0 heterocycles. The van der Waals surface area contributed by atoms with E-state index in [0.717, 1.165) is 32.1 Å². The molecule has 0 saturated heterocycles. The molecule has 2 atom stereocenters. The summed E-state index contributed by atoms with van der Waals surface area (Å²) in [4.78, 5) is 16.4. The maximum absolute atomic E-state index is 11.7. The van der Waals surface area contributed by atoms with Gasteiger partial charge in [-0.05, 0) is 33.1 Å². The van der Waals surface area contributed by atoms with E-state index in [9.17, 15) is 4.79 Å². The molecule has 0 amide bonds. The summed E-state index contributed by atoms with van der Waals surface area (Å²) in [5, 5.41) is 0. The Bertz CT molecular complexity index is 233. The van der Waals surface area contributed by atoms with E-state index in [-0.39, 0.29) is 12.0 Å². The minimum atomic E-state index is 0.131. The first-order valence-electron chi connectivity index (χ1n) is 6.60. The van der Waals surface area contributed by atoms with Crippen molar-refractivity contribution in [3.05, 3.63) is 0 Å². The first kappa shape index (κ1) is 15.3. The highest BCUT2D eigenvalue weighted by atomic mass is 16.1. The van der Waals surface area contributed by atoms with Crippen LogP contribution in [0.5, 0.6) is 0 Å². The zero-order valence-electron chi connectivity index (χ0n) is 11.5. The molecular weight excluding hydrogens is 198 g/mol. The molecule has 2 heteroatoms. The van der Waals surface area contributed by atoms with Gasteiger partial charge < -0.3 is 0 Å². The fourth-order valence-corrected chi connectivity index (χ4v) is 2.00. The summed E-state index contributed by atoms with van der Waals surface area (Å²) >= 11 is 0. The number of rotatable bonds is 8. The SMILES string of the molecule is CCC[C@H](/N=C(/C)CC)[C@H](CCC)C(C)=O. The van der Waals surface area contributed by atoms with Gasteiger partial charge in [-0.1, -0.05) is 33.6 Å². The fraction of sp³-hybridized carbons (Fsp3) is 0.857. The molecule has 0 unspecified atom stereocenters. The topological polar surface area (TPSA) is 29.4 Å². The smallest absolute Gasteiger partial charge is 0.135 e. The predicted molar refractivity (Wildman–Crippen MR) is 71.2 cm³/mol. The molecule has 0 N–H and O–H groups in total. The monoisotopic (exact) mass is 225 g/mol. The molecule has 0 aromatic rings. The third-order valence-corrected chi connectivity index (χ3v) is 3.07. The van der Waals surface area contributed by atoms with Crippen molar-refractivity contribution in [3.63, 3.8) is 0 Å². The minimum Gasteiger partial charge on any atom is -0.300 e. The normalized spacial score (nSPS) is 15.9. The largest absolute Gasteiger partial charge is 0.300 e. The second-order valence-corrected chi connectivity index (χ2v) is 4.58. The zero-order chi connectivity index (χ0) is 12.6. The number of carbonyl (C=O) groups excluding carboxylic acids is 1. The molecule has 0 aromatic carbocycles. The molecule has 16 heavy (non-hydrogen) atoms. The molecule has 0 spiro atoms. The molecule has 0 fully saturated rings. The van der Waals surface area contributed by atoms with Crippen molar-refractivity contribution in [1.29, 1.82) is 0 Å². The van der Waals surface area contributed by atoms with Crippen LogP contribution in [0.1, 0.15) is 66.7 Å². The lowest BCUT2D eigenvalue weighted by molar-refractivity contribution is -0.121. The quantitative estimate of drug-likeness (QED) is 0.573. The van der Waals surface area contributed by atoms with Crippen LogP contribution in [-0.4, -0.2) is 17.5 Å². The van der Waals surface area contributed by atoms with Crippen LogP contribution < -0.4 is 0 Å². The van der Waals surface area contributed by atoms with Crippen molar-refractivity contribution in [2.24, 2.45) is 10.9 Å². The van der Waals surface area contributed by atoms with Crippen LogP contribution in [0.15, 0.2) is 4.99 Å². The summed E-state index contributed by atoms with van der Waals surface area (Å²) in [6.07, 6.45) is 5.14. The van der Waals surface area contributed by atoms with Crippen LogP contribution in [0.4, 0.5) is 0 Å². The molecule has 0 aliphatic carbocycles. The summed E-state index contributed by atoms with van der Waals surface area (Å²) in [7, 11) is 0. The molecule has 0 saturated carbocycles. The van der Waals surface area contributed by atoms with Crippen LogP contribution in [0.3, 0.4) is 0 Å². The fourth-order valence-electron chi connectivity index (χ4n) is 2.00. The van der Waals surface area contributed by atoms with Crippen LogP contribution in [-0.2, 0) is 4.79 Å². The number of ketones is 1. The number of carbonyl (C=O) groups is 1. The van der Waals surface area contributed by atoms with Crippen LogP contribution in [0.2, 0.25) is 0 Å². The Kier molecular flexibility index (Phi) is 8.14. The van der Waals surface area contributed by atoms with Crippen molar-refractivity contribution in [2.45, 2.75) is 72.8 Å². The second-order valence-electron chi connectivity index (χ2n) is 4.58. The molecule has 0 bridgehead atoms. The van der Waals surface area contributed by atoms with Crippen molar-refractivity contribution >= 4 is 11.5 Å². The van der Waals surface area contributed by atoms with Crippen molar-refractivity contribution in [1.82, 2.24) is 0 Å². The van der Waals surface area contributed by atoms with Gasteiger partial charge in [0, 0.05) is 11.6 Å². The van der Waals surface area contributed by atoms with E-state index in [0.29, 0.717) is 5.78 Å². The molecular formula is C14H27NO. The van der Waals surface area contributed by atoms with E-state index in [1.807, 2.05) is 0 Å². The molecule has 0 rings (SSSR count). The van der Waals surface area contributed by atoms with E-state index in [4.69, 9.17) is 4.99 Å². The summed E-state index contributed by atoms with van der Waals surface area (Å²) in [5.74, 6) is 0.430. The summed E-state index contributed by atoms with van der Waals surface area (Å²) in [6.45, 7) is 10.2. The highest BCUT2D eigenvalue weighted by molar-refractivity contribution is 5.83. The van der Waals surface area contributed by atoms with E-state index >= 15 is 0 Å². The lowest BCUT2D eigenvalue weighted by atomic mass is 9.89. The Hall–Kier alpha value is -0.660. The maximum atomic E-state index is 11.7. The number of hydrogen-bond donors (Lipinski definition) is 0. The van der Waals surface area contributed by atoms with Crippen LogP contribution >= 0.6 is 0 Å². The molecule has 2 nitrogen and oxygen atoms in total. The van der Waals surface area contributed by atoms with E-state index in [1.165, 1.54) is 5.71 Å². The van der Waals surface area contributed by atoms with Gasteiger partial charge >= 0.3 is 0 Å². The summed E-state index contributed by atoms with van der Waals surface area (Å²) in [6, 6.07) is 0.211. The Morgan fingerprint density at radius 3 is 2.00 bits per heavy atom. The molecule has 0 aliphatic heterocycles. The average Bonchev–Trinajstić information content (AvgIpc) is 2.24. The van der Waals surface area contributed by atoms with Gasteiger partial charge in [0.25, 0.3) is 0 Å². The number of Topliss-reactive ketones (excluding diaryl/α,β-unsaturated/α-hetero) is 1. The van der Waals surface area contributed by atoms with Gasteiger partial charge in [-0.15, -0.1) is 0 Å². The lowest BCUT2D eigenvalue weighted by Crippen LogP contribution is -2.26. The first-order valence-corrected chi connectivity index (χ1v) is 6.60. The van der Waals surface area contributed by atoms with Gasteiger partial charge in [-0.2, -0.15) is 0 Å². The van der Waals surface area contributed by atoms with Gasteiger partial charge in [-0.25, -0.2) is 0 Å². The Labute approximate surface area is 101 Å². The summed E-state index contributed by atoms with van der Waals surface area (Å²) < 4.78 is 0. The minimum absolute atomic E-state index is 0.131. The van der Waals surface area contributed by atoms with E-state index in [1.54, 1.807) is 6.92 Å². The van der Waals surface area contributed by atoms with Gasteiger partial charge in [-0.3, -0.25) is 9.79 Å². The van der Waals surface area contributed by atoms with Crippen LogP contribution in [0, 0.1) is 5.92 Å². The Morgan fingerprint density at radius 2 is 1.62 bits per heavy atom. The maximum Gasteiger partial charge on any atom is 0.135 e. The molecule has 0 radical (unpaired) electrons. The highest BCUT2D eigenvalue weighted by Crippen LogP contribution is 2.20. The predicted octanol–water partition coefficient (Wildman–Crippen LogP) is 4.03. The molecule has 94 valence electrons. The Balaban J connectivity index is 4.76. The lowest BCUT2D eigenvalue weighted by Gasteiger charge is -2.21. The first-order chi connectivity index (χ1) is 7.56. The van der Waals surface area contributed by atoms with Gasteiger partial charge in [0.2, 0.25) is 0 Å². The summed E-state index contributed by atoms with van der Waals surface area (Å²) in [5.41, 5.74) is 1.17. The number of nitrogens with zero attached hydrogens (tertiary/aromatic N) is 1. The van der Waals surface area contributed by atoms with Gasteiger partial charge in [0.1, 0.15) is 5.78 Å². The molecule has 0 aliphatic rings. The van der Waals surface area contributed by atoms with Gasteiger partial charge in [0.05, 0.1) is 6.04 Å². The second kappa shape index (κ2) is 8.49. The van der Waals surface area contributed by atoms with E-state index < -0.39 is 0 Å². The van der Waals surface area contributed by atoms with E-state index in [2.05, 4.69) is 27.7 Å².